The fourth-order valence-corrected chi connectivity index (χ4v) is 5.68. The number of ether oxygens (including phenoxy) is 1. The maximum absolute atomic E-state index is 14.1. The number of likely N-dealkylation sites (tertiary alicyclic amines) is 1. The second-order valence-electron chi connectivity index (χ2n) is 9.64. The number of rotatable bonds is 7. The van der Waals surface area contributed by atoms with E-state index in [0.29, 0.717) is 26.2 Å². The van der Waals surface area contributed by atoms with Crippen molar-refractivity contribution in [3.05, 3.63) is 108 Å². The van der Waals surface area contributed by atoms with Crippen molar-refractivity contribution in [2.75, 3.05) is 26.3 Å². The lowest BCUT2D eigenvalue weighted by Gasteiger charge is -2.39. The maximum atomic E-state index is 14.1. The van der Waals surface area contributed by atoms with Gasteiger partial charge in [-0.15, -0.1) is 0 Å². The SMILES string of the molecule is O=C(O)[C@@H]1C[C@H](N2CCOCC2Cc2ccccc2)CN1C(=O)C(c1ccccc1)c1ccccc1. The lowest BCUT2D eigenvalue weighted by Crippen LogP contribution is -2.52. The van der Waals surface area contributed by atoms with Gasteiger partial charge in [-0.1, -0.05) is 91.0 Å². The molecule has 1 N–H and O–H groups in total. The fourth-order valence-electron chi connectivity index (χ4n) is 5.68. The van der Waals surface area contributed by atoms with Crippen molar-refractivity contribution < 1.29 is 19.4 Å². The predicted molar refractivity (Wildman–Crippen MR) is 138 cm³/mol. The maximum Gasteiger partial charge on any atom is 0.326 e. The Bertz CT molecular complexity index is 1120. The minimum absolute atomic E-state index is 0.0279. The van der Waals surface area contributed by atoms with Crippen molar-refractivity contribution in [2.45, 2.75) is 36.9 Å². The second kappa shape index (κ2) is 11.1. The standard InChI is InChI=1S/C30H32N2O4/c33-29(28(23-12-6-2-7-13-23)24-14-8-3-9-15-24)32-20-25(19-27(32)30(34)35)31-16-17-36-21-26(31)18-22-10-4-1-5-11-22/h1-15,25-28H,16-21H2,(H,34,35)/t25-,26?,27-/m0/s1. The molecule has 36 heavy (non-hydrogen) atoms. The van der Waals surface area contributed by atoms with Crippen LogP contribution in [0.15, 0.2) is 91.0 Å². The van der Waals surface area contributed by atoms with E-state index in [1.54, 1.807) is 4.90 Å². The lowest BCUT2D eigenvalue weighted by molar-refractivity contribution is -0.148. The highest BCUT2D eigenvalue weighted by Crippen LogP contribution is 2.33. The molecular formula is C30H32N2O4. The zero-order chi connectivity index (χ0) is 24.9. The van der Waals surface area contributed by atoms with Crippen LogP contribution in [0.5, 0.6) is 0 Å². The molecule has 3 aromatic rings. The molecule has 1 amide bonds. The number of nitrogens with zero attached hydrogens (tertiary/aromatic N) is 2. The summed E-state index contributed by atoms with van der Waals surface area (Å²) >= 11 is 0. The summed E-state index contributed by atoms with van der Waals surface area (Å²) in [6, 6.07) is 28.9. The molecule has 3 aromatic carbocycles. The number of carbonyl (C=O) groups excluding carboxylic acids is 1. The van der Waals surface area contributed by atoms with Gasteiger partial charge in [-0.25, -0.2) is 4.79 Å². The Hall–Kier alpha value is -3.48. The van der Waals surface area contributed by atoms with Gasteiger partial charge in [0.25, 0.3) is 0 Å². The van der Waals surface area contributed by atoms with Gasteiger partial charge in [-0.3, -0.25) is 9.69 Å². The average molecular weight is 485 g/mol. The highest BCUT2D eigenvalue weighted by molar-refractivity contribution is 5.91. The first-order valence-electron chi connectivity index (χ1n) is 12.6. The van der Waals surface area contributed by atoms with Gasteiger partial charge < -0.3 is 14.7 Å². The van der Waals surface area contributed by atoms with Crippen LogP contribution in [0.1, 0.15) is 29.0 Å². The smallest absolute Gasteiger partial charge is 0.326 e. The third-order valence-electron chi connectivity index (χ3n) is 7.42. The van der Waals surface area contributed by atoms with Crippen LogP contribution in [-0.4, -0.2) is 71.2 Å². The summed E-state index contributed by atoms with van der Waals surface area (Å²) in [6.45, 7) is 2.35. The Morgan fingerprint density at radius 1 is 0.889 bits per heavy atom. The topological polar surface area (TPSA) is 70.1 Å². The molecule has 1 unspecified atom stereocenters. The first-order valence-corrected chi connectivity index (χ1v) is 12.6. The van der Waals surface area contributed by atoms with Crippen molar-refractivity contribution >= 4 is 11.9 Å². The van der Waals surface area contributed by atoms with E-state index in [4.69, 9.17) is 4.74 Å². The molecule has 0 spiro atoms. The van der Waals surface area contributed by atoms with E-state index < -0.39 is 17.9 Å². The molecule has 3 atom stereocenters. The summed E-state index contributed by atoms with van der Waals surface area (Å²) in [5, 5.41) is 10.1. The Labute approximate surface area is 212 Å². The van der Waals surface area contributed by atoms with Crippen molar-refractivity contribution in [1.82, 2.24) is 9.80 Å². The van der Waals surface area contributed by atoms with Gasteiger partial charge in [0.1, 0.15) is 6.04 Å². The number of morpholine rings is 1. The van der Waals surface area contributed by atoms with Gasteiger partial charge in [-0.05, 0) is 29.5 Å². The van der Waals surface area contributed by atoms with Gasteiger partial charge in [0.15, 0.2) is 0 Å². The first-order chi connectivity index (χ1) is 17.6. The van der Waals surface area contributed by atoms with Gasteiger partial charge >= 0.3 is 5.97 Å². The number of carboxylic acid groups (broad SMARTS) is 1. The molecular weight excluding hydrogens is 452 g/mol. The number of carbonyl (C=O) groups is 2. The average Bonchev–Trinajstić information content (AvgIpc) is 3.37. The van der Waals surface area contributed by atoms with Gasteiger partial charge in [-0.2, -0.15) is 0 Å². The number of hydrogen-bond acceptors (Lipinski definition) is 4. The van der Waals surface area contributed by atoms with Crippen LogP contribution in [0.4, 0.5) is 0 Å². The summed E-state index contributed by atoms with van der Waals surface area (Å²) in [5.74, 6) is -1.65. The predicted octanol–water partition coefficient (Wildman–Crippen LogP) is 3.82. The van der Waals surface area contributed by atoms with Gasteiger partial charge in [0.2, 0.25) is 5.91 Å². The quantitative estimate of drug-likeness (QED) is 0.552. The van der Waals surface area contributed by atoms with Crippen LogP contribution in [0, 0.1) is 0 Å². The number of amides is 1. The first kappa shape index (κ1) is 24.2. The molecule has 0 bridgehead atoms. The molecule has 0 saturated carbocycles. The highest BCUT2D eigenvalue weighted by atomic mass is 16.5. The third-order valence-corrected chi connectivity index (χ3v) is 7.42. The molecule has 2 saturated heterocycles. The molecule has 186 valence electrons. The number of hydrogen-bond donors (Lipinski definition) is 1. The van der Waals surface area contributed by atoms with Crippen LogP contribution in [-0.2, 0) is 20.7 Å². The van der Waals surface area contributed by atoms with E-state index in [2.05, 4.69) is 17.0 Å². The van der Waals surface area contributed by atoms with E-state index >= 15 is 0 Å². The van der Waals surface area contributed by atoms with Crippen LogP contribution in [0.3, 0.4) is 0 Å². The molecule has 0 aromatic heterocycles. The molecule has 6 heteroatoms. The van der Waals surface area contributed by atoms with Crippen LogP contribution < -0.4 is 0 Å². The summed E-state index contributed by atoms with van der Waals surface area (Å²) in [7, 11) is 0. The normalized spacial score (nSPS) is 22.6. The molecule has 2 aliphatic heterocycles. The summed E-state index contributed by atoms with van der Waals surface area (Å²) in [5.41, 5.74) is 2.97. The van der Waals surface area contributed by atoms with Gasteiger partial charge in [0.05, 0.1) is 19.1 Å². The van der Waals surface area contributed by atoms with E-state index in [9.17, 15) is 14.7 Å². The Kier molecular flexibility index (Phi) is 7.44. The largest absolute Gasteiger partial charge is 0.480 e. The Morgan fingerprint density at radius 3 is 2.06 bits per heavy atom. The minimum Gasteiger partial charge on any atom is -0.480 e. The van der Waals surface area contributed by atoms with Gasteiger partial charge in [0, 0.05) is 25.2 Å². The summed E-state index contributed by atoms with van der Waals surface area (Å²) in [4.78, 5) is 30.4. The van der Waals surface area contributed by atoms with Crippen molar-refractivity contribution in [3.8, 4) is 0 Å². The zero-order valence-electron chi connectivity index (χ0n) is 20.3. The fraction of sp³-hybridized carbons (Fsp3) is 0.333. The minimum atomic E-state index is -0.946. The molecule has 5 rings (SSSR count). The number of benzene rings is 3. The van der Waals surface area contributed by atoms with E-state index in [0.717, 1.165) is 24.1 Å². The van der Waals surface area contributed by atoms with Crippen molar-refractivity contribution in [2.24, 2.45) is 0 Å². The van der Waals surface area contributed by atoms with E-state index in [1.807, 2.05) is 78.9 Å². The monoisotopic (exact) mass is 484 g/mol. The molecule has 2 heterocycles. The number of aliphatic carboxylic acids is 1. The van der Waals surface area contributed by atoms with Crippen LogP contribution in [0.2, 0.25) is 0 Å². The van der Waals surface area contributed by atoms with Crippen molar-refractivity contribution in [1.29, 1.82) is 0 Å². The highest BCUT2D eigenvalue weighted by Gasteiger charge is 2.45. The van der Waals surface area contributed by atoms with Crippen LogP contribution >= 0.6 is 0 Å². The summed E-state index contributed by atoms with van der Waals surface area (Å²) in [6.07, 6.45) is 1.25. The Balaban J connectivity index is 1.41. The summed E-state index contributed by atoms with van der Waals surface area (Å²) < 4.78 is 5.81. The van der Waals surface area contributed by atoms with E-state index in [-0.39, 0.29) is 18.0 Å². The van der Waals surface area contributed by atoms with E-state index in [1.165, 1.54) is 5.56 Å². The molecule has 2 aliphatic rings. The zero-order valence-corrected chi connectivity index (χ0v) is 20.3. The molecule has 0 aliphatic carbocycles. The number of carboxylic acids is 1. The third kappa shape index (κ3) is 5.20. The molecule has 2 fully saturated rings. The lowest BCUT2D eigenvalue weighted by atomic mass is 9.90. The van der Waals surface area contributed by atoms with Crippen LogP contribution in [0.25, 0.3) is 0 Å². The Morgan fingerprint density at radius 2 is 1.47 bits per heavy atom. The second-order valence-corrected chi connectivity index (χ2v) is 9.64. The molecule has 6 nitrogen and oxygen atoms in total. The molecule has 0 radical (unpaired) electrons. The van der Waals surface area contributed by atoms with Crippen molar-refractivity contribution in [3.63, 3.8) is 0 Å².